The third-order valence-corrected chi connectivity index (χ3v) is 1.03. The van der Waals surface area contributed by atoms with E-state index < -0.39 is 23.4 Å². The summed E-state index contributed by atoms with van der Waals surface area (Å²) in [5, 5.41) is 8.08. The number of carbonyl (C=O) groups is 1. The summed E-state index contributed by atoms with van der Waals surface area (Å²) in [5.74, 6) is -1.67. The largest absolute Gasteiger partial charge is 0.478 e. The first-order chi connectivity index (χ1) is 4.76. The van der Waals surface area contributed by atoms with Gasteiger partial charge in [0.1, 0.15) is 5.70 Å². The first kappa shape index (κ1) is 9.80. The SMILES string of the molecule is C/C(C(=O)O)=C(/N)C(F)(F)F. The molecule has 0 aliphatic carbocycles. The molecule has 0 aromatic rings. The zero-order valence-corrected chi connectivity index (χ0v) is 5.57. The Labute approximate surface area is 60.3 Å². The normalized spacial score (nSPS) is 14.2. The second-order valence-corrected chi connectivity index (χ2v) is 1.84. The molecule has 0 saturated heterocycles. The average Bonchev–Trinajstić information content (AvgIpc) is 1.82. The van der Waals surface area contributed by atoms with Crippen LogP contribution in [-0.2, 0) is 4.79 Å². The van der Waals surface area contributed by atoms with Gasteiger partial charge in [-0.1, -0.05) is 0 Å². The molecule has 0 saturated carbocycles. The topological polar surface area (TPSA) is 63.3 Å². The molecule has 0 amide bonds. The molecular formula is C5H6F3NO2. The number of carboxylic acids is 1. The van der Waals surface area contributed by atoms with E-state index in [4.69, 9.17) is 5.11 Å². The van der Waals surface area contributed by atoms with Crippen molar-refractivity contribution in [1.82, 2.24) is 0 Å². The van der Waals surface area contributed by atoms with Gasteiger partial charge in [-0.05, 0) is 6.92 Å². The van der Waals surface area contributed by atoms with Crippen molar-refractivity contribution in [3.05, 3.63) is 11.3 Å². The molecule has 6 heteroatoms. The molecule has 3 N–H and O–H groups in total. The highest BCUT2D eigenvalue weighted by atomic mass is 19.4. The van der Waals surface area contributed by atoms with E-state index >= 15 is 0 Å². The maximum Gasteiger partial charge on any atom is 0.431 e. The van der Waals surface area contributed by atoms with Crippen molar-refractivity contribution < 1.29 is 23.1 Å². The molecule has 0 heterocycles. The smallest absolute Gasteiger partial charge is 0.431 e. The van der Waals surface area contributed by atoms with Crippen LogP contribution in [0.1, 0.15) is 6.92 Å². The summed E-state index contributed by atoms with van der Waals surface area (Å²) in [7, 11) is 0. The van der Waals surface area contributed by atoms with E-state index in [0.717, 1.165) is 6.92 Å². The quantitative estimate of drug-likeness (QED) is 0.572. The average molecular weight is 169 g/mol. The van der Waals surface area contributed by atoms with Gasteiger partial charge in [-0.2, -0.15) is 13.2 Å². The summed E-state index contributed by atoms with van der Waals surface area (Å²) >= 11 is 0. The van der Waals surface area contributed by atoms with Crippen LogP contribution in [0, 0.1) is 0 Å². The van der Waals surface area contributed by atoms with Gasteiger partial charge in [-0.15, -0.1) is 0 Å². The van der Waals surface area contributed by atoms with Crippen LogP contribution in [0.5, 0.6) is 0 Å². The monoisotopic (exact) mass is 169 g/mol. The van der Waals surface area contributed by atoms with Crippen molar-refractivity contribution >= 4 is 5.97 Å². The van der Waals surface area contributed by atoms with Crippen LogP contribution in [0.25, 0.3) is 0 Å². The summed E-state index contributed by atoms with van der Waals surface area (Å²) in [6.07, 6.45) is -4.76. The van der Waals surface area contributed by atoms with Crippen LogP contribution in [-0.4, -0.2) is 17.3 Å². The molecule has 0 spiro atoms. The van der Waals surface area contributed by atoms with Crippen molar-refractivity contribution in [2.45, 2.75) is 13.1 Å². The lowest BCUT2D eigenvalue weighted by Gasteiger charge is -2.07. The highest BCUT2D eigenvalue weighted by Crippen LogP contribution is 2.23. The second kappa shape index (κ2) is 2.81. The Morgan fingerprint density at radius 3 is 1.91 bits per heavy atom. The van der Waals surface area contributed by atoms with Crippen molar-refractivity contribution in [1.29, 1.82) is 0 Å². The third kappa shape index (κ3) is 2.48. The molecule has 0 aromatic heterocycles. The minimum Gasteiger partial charge on any atom is -0.478 e. The number of hydrogen-bond donors (Lipinski definition) is 2. The standard InChI is InChI=1S/C5H6F3NO2/c1-2(4(10)11)3(9)5(6,7)8/h9H2,1H3,(H,10,11)/b3-2-. The Morgan fingerprint density at radius 1 is 1.45 bits per heavy atom. The molecule has 0 aromatic carbocycles. The lowest BCUT2D eigenvalue weighted by Crippen LogP contribution is -2.23. The van der Waals surface area contributed by atoms with Gasteiger partial charge in [0, 0.05) is 0 Å². The Morgan fingerprint density at radius 2 is 1.82 bits per heavy atom. The van der Waals surface area contributed by atoms with Crippen molar-refractivity contribution in [3.63, 3.8) is 0 Å². The van der Waals surface area contributed by atoms with Crippen LogP contribution >= 0.6 is 0 Å². The minimum atomic E-state index is -4.76. The number of halogens is 3. The summed E-state index contributed by atoms with van der Waals surface area (Å²) < 4.78 is 34.8. The molecule has 0 fully saturated rings. The van der Waals surface area contributed by atoms with Gasteiger partial charge in [0.2, 0.25) is 0 Å². The predicted molar refractivity (Wildman–Crippen MR) is 30.6 cm³/mol. The van der Waals surface area contributed by atoms with Gasteiger partial charge in [0.15, 0.2) is 0 Å². The van der Waals surface area contributed by atoms with E-state index in [1.807, 2.05) is 0 Å². The van der Waals surface area contributed by atoms with Gasteiger partial charge in [-0.25, -0.2) is 4.79 Å². The number of carboxylic acid groups (broad SMARTS) is 1. The van der Waals surface area contributed by atoms with Crippen LogP contribution in [0.15, 0.2) is 11.3 Å². The Kier molecular flexibility index (Phi) is 2.50. The molecule has 0 aliphatic rings. The van der Waals surface area contributed by atoms with E-state index in [1.165, 1.54) is 0 Å². The number of nitrogens with two attached hydrogens (primary N) is 1. The molecule has 0 radical (unpaired) electrons. The van der Waals surface area contributed by atoms with Crippen LogP contribution in [0.3, 0.4) is 0 Å². The van der Waals surface area contributed by atoms with Gasteiger partial charge in [0.25, 0.3) is 0 Å². The Bertz CT molecular complexity index is 206. The number of aliphatic carboxylic acids is 1. The first-order valence-corrected chi connectivity index (χ1v) is 2.53. The number of rotatable bonds is 1. The fraction of sp³-hybridized carbons (Fsp3) is 0.400. The van der Waals surface area contributed by atoms with E-state index in [9.17, 15) is 18.0 Å². The van der Waals surface area contributed by atoms with Crippen molar-refractivity contribution in [3.8, 4) is 0 Å². The molecular weight excluding hydrogens is 163 g/mol. The van der Waals surface area contributed by atoms with E-state index in [0.29, 0.717) is 0 Å². The molecule has 0 aliphatic heterocycles. The molecule has 0 bridgehead atoms. The zero-order chi connectivity index (χ0) is 9.23. The second-order valence-electron chi connectivity index (χ2n) is 1.84. The van der Waals surface area contributed by atoms with Gasteiger partial charge >= 0.3 is 12.1 Å². The minimum absolute atomic E-state index is 0.797. The fourth-order valence-corrected chi connectivity index (χ4v) is 0.328. The molecule has 11 heavy (non-hydrogen) atoms. The third-order valence-electron chi connectivity index (χ3n) is 1.03. The maximum absolute atomic E-state index is 11.6. The fourth-order valence-electron chi connectivity index (χ4n) is 0.328. The zero-order valence-electron chi connectivity index (χ0n) is 5.57. The number of allylic oxidation sites excluding steroid dienone is 1. The summed E-state index contributed by atoms with van der Waals surface area (Å²) in [5.41, 5.74) is 2.01. The van der Waals surface area contributed by atoms with Crippen LogP contribution in [0.4, 0.5) is 13.2 Å². The lowest BCUT2D eigenvalue weighted by molar-refractivity contribution is -0.134. The van der Waals surface area contributed by atoms with E-state index in [2.05, 4.69) is 5.73 Å². The van der Waals surface area contributed by atoms with E-state index in [1.54, 1.807) is 0 Å². The van der Waals surface area contributed by atoms with Crippen molar-refractivity contribution in [2.24, 2.45) is 5.73 Å². The summed E-state index contributed by atoms with van der Waals surface area (Å²) in [6.45, 7) is 0.797. The molecule has 64 valence electrons. The van der Waals surface area contributed by atoms with Crippen LogP contribution < -0.4 is 5.73 Å². The molecule has 0 atom stereocenters. The summed E-state index contributed by atoms with van der Waals surface area (Å²) in [4.78, 5) is 9.95. The highest BCUT2D eigenvalue weighted by molar-refractivity contribution is 5.86. The van der Waals surface area contributed by atoms with Crippen LogP contribution in [0.2, 0.25) is 0 Å². The van der Waals surface area contributed by atoms with Gasteiger partial charge in [-0.3, -0.25) is 0 Å². The molecule has 0 rings (SSSR count). The van der Waals surface area contributed by atoms with Gasteiger partial charge < -0.3 is 10.8 Å². The first-order valence-electron chi connectivity index (χ1n) is 2.53. The number of hydrogen-bond acceptors (Lipinski definition) is 2. The Hall–Kier alpha value is -1.20. The summed E-state index contributed by atoms with van der Waals surface area (Å²) in [6, 6.07) is 0. The molecule has 3 nitrogen and oxygen atoms in total. The molecule has 0 unspecified atom stereocenters. The van der Waals surface area contributed by atoms with E-state index in [-0.39, 0.29) is 0 Å². The maximum atomic E-state index is 11.6. The van der Waals surface area contributed by atoms with Gasteiger partial charge in [0.05, 0.1) is 5.57 Å². The Balaban J connectivity index is 4.82. The van der Waals surface area contributed by atoms with Crippen molar-refractivity contribution in [2.75, 3.05) is 0 Å². The lowest BCUT2D eigenvalue weighted by atomic mass is 10.2. The predicted octanol–water partition coefficient (Wildman–Crippen LogP) is 0.866. The number of alkyl halides is 3. The highest BCUT2D eigenvalue weighted by Gasteiger charge is 2.34.